The van der Waals surface area contributed by atoms with Gasteiger partial charge in [0.1, 0.15) is 17.7 Å². The number of halogens is 3. The number of carbonyl (C=O) groups is 2. The summed E-state index contributed by atoms with van der Waals surface area (Å²) in [5, 5.41) is 8.47. The largest absolute Gasteiger partial charge is 0.433 e. The molecule has 2 aromatic heterocycles. The molecule has 0 aliphatic heterocycles. The number of hydrogen-bond donors (Lipinski definition) is 1. The molecule has 0 saturated heterocycles. The van der Waals surface area contributed by atoms with Gasteiger partial charge in [0.15, 0.2) is 5.78 Å². The molecule has 1 aromatic carbocycles. The summed E-state index contributed by atoms with van der Waals surface area (Å²) in [7, 11) is 0. The van der Waals surface area contributed by atoms with Gasteiger partial charge in [0, 0.05) is 23.2 Å². The molecular formula is C22H21F3N4O2. The zero-order valence-electron chi connectivity index (χ0n) is 16.6. The van der Waals surface area contributed by atoms with Crippen LogP contribution in [0, 0.1) is 5.92 Å². The Morgan fingerprint density at radius 2 is 1.94 bits per heavy atom. The Hall–Kier alpha value is -3.23. The van der Waals surface area contributed by atoms with Crippen LogP contribution in [0.2, 0.25) is 0 Å². The standard InChI is InChI=1S/C22H21F3N4O2/c23-22(24,25)21-3-1-2-19(27-21)20(31)11-26-16-6-9-18-15(10-16)12-29(28-18)17-7-4-14(13-30)5-8-17/h1-3,6,9-10,12-14,17,26H,4-5,7-8,11H2/t14-,17-. The lowest BCUT2D eigenvalue weighted by Crippen LogP contribution is -2.19. The summed E-state index contributed by atoms with van der Waals surface area (Å²) in [4.78, 5) is 26.6. The number of ketones is 1. The lowest BCUT2D eigenvalue weighted by molar-refractivity contribution is -0.141. The first-order chi connectivity index (χ1) is 14.8. The monoisotopic (exact) mass is 430 g/mol. The number of hydrogen-bond acceptors (Lipinski definition) is 5. The van der Waals surface area contributed by atoms with Crippen LogP contribution in [-0.4, -0.2) is 33.4 Å². The molecule has 0 spiro atoms. The van der Waals surface area contributed by atoms with Crippen LogP contribution in [-0.2, 0) is 11.0 Å². The zero-order valence-corrected chi connectivity index (χ0v) is 16.6. The number of aldehydes is 1. The van der Waals surface area contributed by atoms with Gasteiger partial charge in [-0.15, -0.1) is 0 Å². The van der Waals surface area contributed by atoms with Gasteiger partial charge in [-0.2, -0.15) is 18.3 Å². The number of alkyl halides is 3. The number of benzene rings is 1. The Bertz CT molecular complexity index is 1100. The van der Waals surface area contributed by atoms with E-state index in [0.717, 1.165) is 48.9 Å². The molecule has 0 radical (unpaired) electrons. The second-order valence-electron chi connectivity index (χ2n) is 7.77. The van der Waals surface area contributed by atoms with E-state index in [4.69, 9.17) is 0 Å². The van der Waals surface area contributed by atoms with E-state index in [9.17, 15) is 22.8 Å². The fourth-order valence-corrected chi connectivity index (χ4v) is 3.86. The van der Waals surface area contributed by atoms with E-state index in [2.05, 4.69) is 15.4 Å². The van der Waals surface area contributed by atoms with Crippen LogP contribution in [0.25, 0.3) is 10.9 Å². The average Bonchev–Trinajstić information content (AvgIpc) is 3.20. The van der Waals surface area contributed by atoms with Crippen molar-refractivity contribution < 1.29 is 22.8 Å². The van der Waals surface area contributed by atoms with Gasteiger partial charge in [0.2, 0.25) is 0 Å². The van der Waals surface area contributed by atoms with Gasteiger partial charge in [0.05, 0.1) is 18.1 Å². The second-order valence-corrected chi connectivity index (χ2v) is 7.77. The first-order valence-corrected chi connectivity index (χ1v) is 10.1. The van der Waals surface area contributed by atoms with Gasteiger partial charge in [0.25, 0.3) is 0 Å². The van der Waals surface area contributed by atoms with E-state index in [-0.39, 0.29) is 24.2 Å². The van der Waals surface area contributed by atoms with Crippen LogP contribution in [0.3, 0.4) is 0 Å². The molecule has 9 heteroatoms. The zero-order chi connectivity index (χ0) is 22.0. The summed E-state index contributed by atoms with van der Waals surface area (Å²) in [5.41, 5.74) is 0.155. The smallest absolute Gasteiger partial charge is 0.377 e. The minimum Gasteiger partial charge on any atom is -0.377 e. The highest BCUT2D eigenvalue weighted by atomic mass is 19.4. The molecule has 0 unspecified atom stereocenters. The van der Waals surface area contributed by atoms with Crippen molar-refractivity contribution in [3.05, 3.63) is 54.0 Å². The van der Waals surface area contributed by atoms with Gasteiger partial charge < -0.3 is 10.1 Å². The summed E-state index contributed by atoms with van der Waals surface area (Å²) < 4.78 is 40.3. The predicted octanol–water partition coefficient (Wildman–Crippen LogP) is 4.68. The number of carbonyl (C=O) groups excluding carboxylic acids is 2. The van der Waals surface area contributed by atoms with Crippen molar-refractivity contribution in [2.45, 2.75) is 37.9 Å². The third-order valence-electron chi connectivity index (χ3n) is 5.61. The van der Waals surface area contributed by atoms with Crippen LogP contribution in [0.15, 0.2) is 42.6 Å². The lowest BCUT2D eigenvalue weighted by Gasteiger charge is -2.25. The number of rotatable bonds is 6. The number of Topliss-reactive ketones (excluding diaryl/α,β-unsaturated/α-hetero) is 1. The van der Waals surface area contributed by atoms with Crippen LogP contribution in [0.5, 0.6) is 0 Å². The molecule has 2 heterocycles. The Morgan fingerprint density at radius 1 is 1.16 bits per heavy atom. The van der Waals surface area contributed by atoms with E-state index in [0.29, 0.717) is 5.69 Å². The molecule has 1 N–H and O–H groups in total. The van der Waals surface area contributed by atoms with E-state index in [1.165, 1.54) is 12.1 Å². The summed E-state index contributed by atoms with van der Waals surface area (Å²) in [5.74, 6) is -0.394. The van der Waals surface area contributed by atoms with Crippen molar-refractivity contribution in [2.24, 2.45) is 5.92 Å². The summed E-state index contributed by atoms with van der Waals surface area (Å²) >= 11 is 0. The van der Waals surface area contributed by atoms with Crippen LogP contribution >= 0.6 is 0 Å². The van der Waals surface area contributed by atoms with E-state index in [1.807, 2.05) is 23.0 Å². The maximum absolute atomic E-state index is 12.8. The van der Waals surface area contributed by atoms with Crippen molar-refractivity contribution in [3.8, 4) is 0 Å². The van der Waals surface area contributed by atoms with E-state index in [1.54, 1.807) is 6.07 Å². The number of nitrogens with zero attached hydrogens (tertiary/aromatic N) is 3. The molecular weight excluding hydrogens is 409 g/mol. The van der Waals surface area contributed by atoms with E-state index >= 15 is 0 Å². The first-order valence-electron chi connectivity index (χ1n) is 10.1. The molecule has 1 aliphatic rings. The number of anilines is 1. The summed E-state index contributed by atoms with van der Waals surface area (Å²) in [6, 6.07) is 8.99. The Morgan fingerprint density at radius 3 is 2.65 bits per heavy atom. The maximum Gasteiger partial charge on any atom is 0.433 e. The number of fused-ring (bicyclic) bond motifs is 1. The molecule has 1 saturated carbocycles. The highest BCUT2D eigenvalue weighted by Crippen LogP contribution is 2.32. The molecule has 1 aliphatic carbocycles. The molecule has 0 amide bonds. The highest BCUT2D eigenvalue weighted by molar-refractivity contribution is 5.97. The van der Waals surface area contributed by atoms with Gasteiger partial charge >= 0.3 is 6.18 Å². The van der Waals surface area contributed by atoms with Crippen molar-refractivity contribution in [1.29, 1.82) is 0 Å². The molecule has 31 heavy (non-hydrogen) atoms. The molecule has 6 nitrogen and oxygen atoms in total. The third-order valence-corrected chi connectivity index (χ3v) is 5.61. The SMILES string of the molecule is O=C[C@H]1CC[C@H](n2cc3cc(NCC(=O)c4cccc(C(F)(F)F)n4)ccc3n2)CC1. The molecule has 3 aromatic rings. The van der Waals surface area contributed by atoms with Gasteiger partial charge in [-0.25, -0.2) is 4.98 Å². The third kappa shape index (κ3) is 4.76. The topological polar surface area (TPSA) is 76.9 Å². The fourth-order valence-electron chi connectivity index (χ4n) is 3.86. The van der Waals surface area contributed by atoms with Gasteiger partial charge in [-0.1, -0.05) is 6.07 Å². The van der Waals surface area contributed by atoms with Crippen molar-refractivity contribution in [2.75, 3.05) is 11.9 Å². The highest BCUT2D eigenvalue weighted by Gasteiger charge is 2.32. The molecule has 0 atom stereocenters. The fraction of sp³-hybridized carbons (Fsp3) is 0.364. The summed E-state index contributed by atoms with van der Waals surface area (Å²) in [6.45, 7) is -0.177. The molecule has 1 fully saturated rings. The molecule has 4 rings (SSSR count). The Balaban J connectivity index is 1.42. The van der Waals surface area contributed by atoms with Crippen molar-refractivity contribution in [1.82, 2.24) is 14.8 Å². The van der Waals surface area contributed by atoms with Crippen LogP contribution in [0.4, 0.5) is 18.9 Å². The Labute approximate surface area is 176 Å². The van der Waals surface area contributed by atoms with Gasteiger partial charge in [-0.05, 0) is 56.0 Å². The second kappa shape index (κ2) is 8.49. The molecule has 0 bridgehead atoms. The average molecular weight is 430 g/mol. The maximum atomic E-state index is 12.8. The van der Waals surface area contributed by atoms with Crippen molar-refractivity contribution >= 4 is 28.7 Å². The normalized spacial score (nSPS) is 19.3. The van der Waals surface area contributed by atoms with Crippen molar-refractivity contribution in [3.63, 3.8) is 0 Å². The minimum atomic E-state index is -4.60. The van der Waals surface area contributed by atoms with Crippen LogP contribution in [0.1, 0.15) is 47.9 Å². The Kier molecular flexibility index (Phi) is 5.75. The number of nitrogens with one attached hydrogen (secondary N) is 1. The van der Waals surface area contributed by atoms with E-state index < -0.39 is 17.7 Å². The quantitative estimate of drug-likeness (QED) is 0.454. The van der Waals surface area contributed by atoms with Gasteiger partial charge in [-0.3, -0.25) is 9.48 Å². The first kappa shape index (κ1) is 21.0. The number of pyridine rings is 1. The minimum absolute atomic E-state index is 0.140. The predicted molar refractivity (Wildman–Crippen MR) is 109 cm³/mol. The summed E-state index contributed by atoms with van der Waals surface area (Å²) in [6.07, 6.45) is 1.92. The lowest BCUT2D eigenvalue weighted by atomic mass is 9.87. The molecule has 162 valence electrons. The van der Waals surface area contributed by atoms with Crippen LogP contribution < -0.4 is 5.32 Å². The number of aromatic nitrogens is 3.